The van der Waals surface area contributed by atoms with Crippen molar-refractivity contribution >= 4 is 21.6 Å². The topological polar surface area (TPSA) is 92.5 Å². The van der Waals surface area contributed by atoms with E-state index in [1.54, 1.807) is 0 Å². The molecule has 6 nitrogen and oxygen atoms in total. The molecule has 0 saturated heterocycles. The van der Waals surface area contributed by atoms with Crippen LogP contribution in [-0.2, 0) is 14.8 Å². The van der Waals surface area contributed by atoms with Crippen LogP contribution in [0.15, 0.2) is 17.0 Å². The van der Waals surface area contributed by atoms with Crippen LogP contribution in [0.1, 0.15) is 12.8 Å². The third kappa shape index (κ3) is 3.48. The van der Waals surface area contributed by atoms with Crippen molar-refractivity contribution in [1.82, 2.24) is 9.62 Å². The molecule has 1 aromatic rings. The molecule has 0 spiro atoms. The summed E-state index contributed by atoms with van der Waals surface area (Å²) in [5, 5.41) is 2.62. The molecule has 1 aromatic carbocycles. The van der Waals surface area contributed by atoms with Gasteiger partial charge < -0.3 is 11.1 Å². The van der Waals surface area contributed by atoms with E-state index in [4.69, 9.17) is 5.73 Å². The predicted molar refractivity (Wildman–Crippen MR) is 71.8 cm³/mol. The number of sulfonamides is 1. The number of rotatable bonds is 5. The predicted octanol–water partition coefficient (Wildman–Crippen LogP) is 0.446. The van der Waals surface area contributed by atoms with Crippen molar-refractivity contribution in [1.29, 1.82) is 0 Å². The fourth-order valence-corrected chi connectivity index (χ4v) is 2.90. The summed E-state index contributed by atoms with van der Waals surface area (Å²) >= 11 is 0. The van der Waals surface area contributed by atoms with E-state index < -0.39 is 44.7 Å². The van der Waals surface area contributed by atoms with Crippen molar-refractivity contribution in [3.8, 4) is 0 Å². The Bertz CT molecular complexity index is 675. The minimum Gasteiger partial charge on any atom is -0.396 e. The monoisotopic (exact) mass is 319 g/mol. The lowest BCUT2D eigenvalue weighted by Gasteiger charge is -2.17. The van der Waals surface area contributed by atoms with Gasteiger partial charge in [-0.15, -0.1) is 0 Å². The second kappa shape index (κ2) is 5.57. The van der Waals surface area contributed by atoms with Crippen molar-refractivity contribution in [2.45, 2.75) is 23.8 Å². The molecule has 116 valence electrons. The summed E-state index contributed by atoms with van der Waals surface area (Å²) in [6.07, 6.45) is 1.73. The number of nitrogens with one attached hydrogen (secondary N) is 1. The number of hydrogen-bond donors (Lipinski definition) is 2. The SMILES string of the molecule is CN(CC(=O)NC1CC1)S(=O)(=O)c1cc(N)c(F)cc1F. The number of likely N-dealkylation sites (N-methyl/N-ethyl adjacent to an activating group) is 1. The van der Waals surface area contributed by atoms with Crippen molar-refractivity contribution in [2.75, 3.05) is 19.3 Å². The minimum absolute atomic E-state index is 0.0896. The maximum atomic E-state index is 13.6. The average molecular weight is 319 g/mol. The van der Waals surface area contributed by atoms with E-state index >= 15 is 0 Å². The molecule has 0 aliphatic heterocycles. The number of hydrogen-bond acceptors (Lipinski definition) is 4. The molecule has 0 unspecified atom stereocenters. The smallest absolute Gasteiger partial charge is 0.246 e. The Morgan fingerprint density at radius 2 is 2.00 bits per heavy atom. The van der Waals surface area contributed by atoms with Gasteiger partial charge in [-0.2, -0.15) is 4.31 Å². The minimum atomic E-state index is -4.27. The summed E-state index contributed by atoms with van der Waals surface area (Å²) in [7, 11) is -3.13. The summed E-state index contributed by atoms with van der Waals surface area (Å²) in [4.78, 5) is 10.8. The maximum absolute atomic E-state index is 13.6. The Hall–Kier alpha value is -1.74. The first kappa shape index (κ1) is 15.6. The van der Waals surface area contributed by atoms with E-state index in [2.05, 4.69) is 5.32 Å². The van der Waals surface area contributed by atoms with Gasteiger partial charge in [-0.05, 0) is 18.9 Å². The highest BCUT2D eigenvalue weighted by molar-refractivity contribution is 7.89. The van der Waals surface area contributed by atoms with Crippen LogP contribution < -0.4 is 11.1 Å². The number of nitrogen functional groups attached to an aromatic ring is 1. The standard InChI is InChI=1S/C12H15F2N3O3S/c1-17(6-12(18)16-7-2-3-7)21(19,20)11-5-10(15)8(13)4-9(11)14/h4-5,7H,2-3,6,15H2,1H3,(H,16,18). The molecule has 9 heteroatoms. The van der Waals surface area contributed by atoms with Crippen LogP contribution in [0.5, 0.6) is 0 Å². The second-order valence-corrected chi connectivity index (χ2v) is 6.92. The van der Waals surface area contributed by atoms with Crippen LogP contribution in [0.4, 0.5) is 14.5 Å². The number of benzene rings is 1. The summed E-state index contributed by atoms with van der Waals surface area (Å²) in [6, 6.07) is 1.20. The molecule has 0 atom stereocenters. The quantitative estimate of drug-likeness (QED) is 0.771. The van der Waals surface area contributed by atoms with Gasteiger partial charge >= 0.3 is 0 Å². The third-order valence-corrected chi connectivity index (χ3v) is 4.87. The molecule has 1 fully saturated rings. The normalized spacial score (nSPS) is 15.2. The Morgan fingerprint density at radius 3 is 2.57 bits per heavy atom. The number of carbonyl (C=O) groups is 1. The van der Waals surface area contributed by atoms with E-state index in [1.165, 1.54) is 0 Å². The highest BCUT2D eigenvalue weighted by atomic mass is 32.2. The van der Waals surface area contributed by atoms with Crippen LogP contribution in [0.25, 0.3) is 0 Å². The van der Waals surface area contributed by atoms with Crippen molar-refractivity contribution in [3.05, 3.63) is 23.8 Å². The van der Waals surface area contributed by atoms with Gasteiger partial charge in [-0.25, -0.2) is 17.2 Å². The van der Waals surface area contributed by atoms with Gasteiger partial charge in [0.05, 0.1) is 12.2 Å². The van der Waals surface area contributed by atoms with Crippen molar-refractivity contribution in [2.24, 2.45) is 0 Å². The number of nitrogens with two attached hydrogens (primary N) is 1. The molecule has 1 aliphatic rings. The lowest BCUT2D eigenvalue weighted by atomic mass is 10.3. The zero-order chi connectivity index (χ0) is 15.8. The number of amides is 1. The van der Waals surface area contributed by atoms with E-state index in [0.717, 1.165) is 19.9 Å². The molecule has 3 N–H and O–H groups in total. The van der Waals surface area contributed by atoms with Gasteiger partial charge in [0, 0.05) is 19.2 Å². The molecule has 0 heterocycles. The summed E-state index contributed by atoms with van der Waals surface area (Å²) in [5.41, 5.74) is 4.78. The van der Waals surface area contributed by atoms with Crippen LogP contribution in [0.2, 0.25) is 0 Å². The van der Waals surface area contributed by atoms with Gasteiger partial charge in [0.1, 0.15) is 16.5 Å². The number of anilines is 1. The lowest BCUT2D eigenvalue weighted by molar-refractivity contribution is -0.121. The molecule has 1 amide bonds. The molecule has 0 bridgehead atoms. The van der Waals surface area contributed by atoms with E-state index in [1.807, 2.05) is 0 Å². The fourth-order valence-electron chi connectivity index (χ4n) is 1.70. The van der Waals surface area contributed by atoms with E-state index in [-0.39, 0.29) is 6.04 Å². The maximum Gasteiger partial charge on any atom is 0.246 e. The first-order valence-corrected chi connectivity index (χ1v) is 7.66. The van der Waals surface area contributed by atoms with Crippen LogP contribution in [0, 0.1) is 11.6 Å². The molecular weight excluding hydrogens is 304 g/mol. The lowest BCUT2D eigenvalue weighted by Crippen LogP contribution is -2.39. The van der Waals surface area contributed by atoms with Gasteiger partial charge in [0.2, 0.25) is 15.9 Å². The van der Waals surface area contributed by atoms with Gasteiger partial charge in [0.15, 0.2) is 0 Å². The molecule has 21 heavy (non-hydrogen) atoms. The number of nitrogens with zero attached hydrogens (tertiary/aromatic N) is 1. The molecule has 1 aliphatic carbocycles. The third-order valence-electron chi connectivity index (χ3n) is 3.05. The zero-order valence-corrected chi connectivity index (χ0v) is 12.1. The van der Waals surface area contributed by atoms with Crippen molar-refractivity contribution in [3.63, 3.8) is 0 Å². The van der Waals surface area contributed by atoms with Crippen LogP contribution >= 0.6 is 0 Å². The fraction of sp³-hybridized carbons (Fsp3) is 0.417. The highest BCUT2D eigenvalue weighted by Crippen LogP contribution is 2.23. The van der Waals surface area contributed by atoms with Crippen LogP contribution in [0.3, 0.4) is 0 Å². The summed E-state index contributed by atoms with van der Waals surface area (Å²) < 4.78 is 51.8. The molecule has 1 saturated carbocycles. The van der Waals surface area contributed by atoms with Crippen molar-refractivity contribution < 1.29 is 22.0 Å². The Labute approximate surface area is 121 Å². The molecular formula is C12H15F2N3O3S. The van der Waals surface area contributed by atoms with E-state index in [0.29, 0.717) is 16.4 Å². The zero-order valence-electron chi connectivity index (χ0n) is 11.3. The Morgan fingerprint density at radius 1 is 1.38 bits per heavy atom. The summed E-state index contributed by atoms with van der Waals surface area (Å²) in [5.74, 6) is -2.77. The Balaban J connectivity index is 2.20. The van der Waals surface area contributed by atoms with Gasteiger partial charge in [-0.3, -0.25) is 4.79 Å². The molecule has 0 radical (unpaired) electrons. The molecule has 0 aromatic heterocycles. The second-order valence-electron chi connectivity index (χ2n) is 4.91. The first-order valence-electron chi connectivity index (χ1n) is 6.22. The van der Waals surface area contributed by atoms with E-state index in [9.17, 15) is 22.0 Å². The Kier molecular flexibility index (Phi) is 4.15. The summed E-state index contributed by atoms with van der Waals surface area (Å²) in [6.45, 7) is -0.449. The van der Waals surface area contributed by atoms with Gasteiger partial charge in [0.25, 0.3) is 0 Å². The van der Waals surface area contributed by atoms with Crippen LogP contribution in [-0.4, -0.2) is 38.3 Å². The first-order chi connectivity index (χ1) is 9.71. The number of carbonyl (C=O) groups excluding carboxylic acids is 1. The highest BCUT2D eigenvalue weighted by Gasteiger charge is 2.29. The average Bonchev–Trinajstić information content (AvgIpc) is 3.17. The largest absolute Gasteiger partial charge is 0.396 e. The number of halogens is 2. The van der Waals surface area contributed by atoms with Gasteiger partial charge in [-0.1, -0.05) is 0 Å². The molecule has 2 rings (SSSR count).